The molecule has 0 bridgehead atoms. The summed E-state index contributed by atoms with van der Waals surface area (Å²) < 4.78 is 8.17. The molecule has 1 atom stereocenters. The largest absolute Gasteiger partial charge is 0.346 e. The summed E-state index contributed by atoms with van der Waals surface area (Å²) in [6, 6.07) is 18.6. The number of allylic oxidation sites excluding steroid dienone is 2. The fourth-order valence-electron chi connectivity index (χ4n) is 4.83. The smallest absolute Gasteiger partial charge is 0.146 e. The van der Waals surface area contributed by atoms with Gasteiger partial charge in [-0.3, -0.25) is 4.99 Å². The first-order valence-electron chi connectivity index (χ1n) is 10.2. The van der Waals surface area contributed by atoms with E-state index in [2.05, 4.69) is 50.1 Å². The third-order valence-electron chi connectivity index (χ3n) is 6.28. The number of para-hydroxylation sites is 2. The topological polar surface area (TPSA) is 42.6 Å². The standard InChI is InChI=1S/C24H25N4OPS/c1-16-21-23(28(26-16)17-11-7-6-8-12-17)30(31,29-5)20(15-25-21)22-24(2,3)18-13-9-10-14-19(18)27(22)4/h6-15H,1-5H3/b22-20-. The van der Waals surface area contributed by atoms with Gasteiger partial charge in [-0.1, -0.05) is 62.1 Å². The molecule has 0 aliphatic carbocycles. The van der Waals surface area contributed by atoms with Gasteiger partial charge in [-0.05, 0) is 30.7 Å². The van der Waals surface area contributed by atoms with Gasteiger partial charge in [-0.25, -0.2) is 4.68 Å². The molecule has 0 spiro atoms. The molecule has 0 amide bonds. The van der Waals surface area contributed by atoms with Gasteiger partial charge in [0.25, 0.3) is 0 Å². The molecule has 2 aliphatic heterocycles. The molecule has 5 rings (SSSR count). The van der Waals surface area contributed by atoms with Gasteiger partial charge in [0.15, 0.2) is 0 Å². The van der Waals surface area contributed by atoms with Crippen LogP contribution in [0.3, 0.4) is 0 Å². The lowest BCUT2D eigenvalue weighted by Crippen LogP contribution is -2.29. The lowest BCUT2D eigenvalue weighted by atomic mass is 9.84. The molecule has 2 aliphatic rings. The van der Waals surface area contributed by atoms with E-state index < -0.39 is 6.26 Å². The number of aromatic nitrogens is 2. The van der Waals surface area contributed by atoms with Crippen LogP contribution in [0.2, 0.25) is 0 Å². The molecule has 158 valence electrons. The molecule has 3 heterocycles. The number of hydrogen-bond donors (Lipinski definition) is 0. The van der Waals surface area contributed by atoms with Crippen molar-refractivity contribution < 1.29 is 4.52 Å². The number of benzene rings is 2. The third-order valence-corrected chi connectivity index (χ3v) is 10.3. The fourth-order valence-corrected chi connectivity index (χ4v) is 8.14. The normalized spacial score (nSPS) is 23.7. The quantitative estimate of drug-likeness (QED) is 0.506. The van der Waals surface area contributed by atoms with E-state index in [-0.39, 0.29) is 5.41 Å². The first-order valence-corrected chi connectivity index (χ1v) is 13.0. The third kappa shape index (κ3) is 2.75. The van der Waals surface area contributed by atoms with E-state index in [1.54, 1.807) is 7.11 Å². The summed E-state index contributed by atoms with van der Waals surface area (Å²) in [5.41, 5.74) is 6.93. The van der Waals surface area contributed by atoms with Gasteiger partial charge in [0.05, 0.1) is 16.7 Å². The molecular weight excluding hydrogens is 423 g/mol. The highest BCUT2D eigenvalue weighted by Crippen LogP contribution is 2.62. The SMILES string of the molecule is COP1(=S)/C(=C2\N(C)c3ccccc3C2(C)C)C=Nc2c(C)nn(-c3ccccc3)c21. The molecule has 0 fully saturated rings. The van der Waals surface area contributed by atoms with Gasteiger partial charge in [0, 0.05) is 37.2 Å². The minimum Gasteiger partial charge on any atom is -0.346 e. The van der Waals surface area contributed by atoms with E-state index in [1.807, 2.05) is 48.2 Å². The molecule has 0 saturated carbocycles. The zero-order valence-corrected chi connectivity index (χ0v) is 20.0. The van der Waals surface area contributed by atoms with Crippen LogP contribution in [-0.2, 0) is 21.7 Å². The Balaban J connectivity index is 1.81. The maximum Gasteiger partial charge on any atom is 0.146 e. The number of anilines is 1. The van der Waals surface area contributed by atoms with Crippen LogP contribution < -0.4 is 10.3 Å². The predicted molar refractivity (Wildman–Crippen MR) is 132 cm³/mol. The summed E-state index contributed by atoms with van der Waals surface area (Å²) in [6.45, 7) is 6.47. The highest BCUT2D eigenvalue weighted by atomic mass is 32.4. The Bertz CT molecular complexity index is 1310. The van der Waals surface area contributed by atoms with Crippen molar-refractivity contribution in [1.29, 1.82) is 0 Å². The van der Waals surface area contributed by atoms with Gasteiger partial charge in [-0.2, -0.15) is 5.10 Å². The first-order chi connectivity index (χ1) is 14.8. The van der Waals surface area contributed by atoms with Crippen molar-refractivity contribution in [2.45, 2.75) is 26.2 Å². The molecule has 1 unspecified atom stereocenters. The second kappa shape index (κ2) is 6.99. The van der Waals surface area contributed by atoms with Crippen molar-refractivity contribution in [1.82, 2.24) is 9.78 Å². The van der Waals surface area contributed by atoms with Gasteiger partial charge < -0.3 is 9.42 Å². The Morgan fingerprint density at radius 3 is 2.39 bits per heavy atom. The summed E-state index contributed by atoms with van der Waals surface area (Å²) in [5, 5.41) is 5.79. The molecular formula is C24H25N4OPS. The molecule has 3 aromatic rings. The van der Waals surface area contributed by atoms with E-state index in [0.29, 0.717) is 0 Å². The number of likely N-dealkylation sites (N-methyl/N-ethyl adjacent to an activating group) is 1. The molecule has 2 aromatic carbocycles. The summed E-state index contributed by atoms with van der Waals surface area (Å²) in [6.07, 6.45) is -0.722. The van der Waals surface area contributed by atoms with Gasteiger partial charge in [-0.15, -0.1) is 0 Å². The molecule has 0 radical (unpaired) electrons. The van der Waals surface area contributed by atoms with Gasteiger partial charge in [0.1, 0.15) is 17.4 Å². The van der Waals surface area contributed by atoms with Crippen molar-refractivity contribution in [2.75, 3.05) is 19.1 Å². The van der Waals surface area contributed by atoms with Crippen molar-refractivity contribution in [3.05, 3.63) is 76.9 Å². The molecule has 5 nitrogen and oxygen atoms in total. The minimum absolute atomic E-state index is 0.223. The maximum atomic E-state index is 6.39. The van der Waals surface area contributed by atoms with E-state index in [9.17, 15) is 0 Å². The lowest BCUT2D eigenvalue weighted by Gasteiger charge is -2.33. The Morgan fingerprint density at radius 2 is 1.71 bits per heavy atom. The van der Waals surface area contributed by atoms with Crippen LogP contribution >= 0.6 is 6.26 Å². The number of fused-ring (bicyclic) bond motifs is 2. The summed E-state index contributed by atoms with van der Waals surface area (Å²) >= 11 is 6.39. The summed E-state index contributed by atoms with van der Waals surface area (Å²) in [7, 11) is 3.82. The molecule has 7 heteroatoms. The second-order valence-corrected chi connectivity index (χ2v) is 12.3. The molecule has 0 N–H and O–H groups in total. The van der Waals surface area contributed by atoms with E-state index in [0.717, 1.165) is 33.5 Å². The van der Waals surface area contributed by atoms with E-state index >= 15 is 0 Å². The lowest BCUT2D eigenvalue weighted by molar-refractivity contribution is 0.468. The number of aliphatic imine (C=N–C) groups is 1. The highest BCUT2D eigenvalue weighted by molar-refractivity contribution is 8.18. The molecule has 1 aromatic heterocycles. The van der Waals surface area contributed by atoms with Gasteiger partial charge >= 0.3 is 0 Å². The van der Waals surface area contributed by atoms with E-state index in [4.69, 9.17) is 26.4 Å². The van der Waals surface area contributed by atoms with Crippen molar-refractivity contribution in [2.24, 2.45) is 4.99 Å². The Labute approximate surface area is 188 Å². The minimum atomic E-state index is -2.65. The molecule has 31 heavy (non-hydrogen) atoms. The molecule has 0 saturated heterocycles. The Morgan fingerprint density at radius 1 is 1.03 bits per heavy atom. The van der Waals surface area contributed by atoms with Crippen LogP contribution in [-0.4, -0.2) is 30.2 Å². The number of aryl methyl sites for hydroxylation is 1. The zero-order valence-electron chi connectivity index (χ0n) is 18.3. The van der Waals surface area contributed by atoms with Crippen LogP contribution in [0.5, 0.6) is 0 Å². The number of hydrogen-bond acceptors (Lipinski definition) is 5. The average Bonchev–Trinajstić information content (AvgIpc) is 3.22. The van der Waals surface area contributed by atoms with Crippen LogP contribution in [0.25, 0.3) is 5.69 Å². The first kappa shape index (κ1) is 20.4. The highest BCUT2D eigenvalue weighted by Gasteiger charge is 2.46. The summed E-state index contributed by atoms with van der Waals surface area (Å²) in [4.78, 5) is 7.11. The number of rotatable bonds is 2. The van der Waals surface area contributed by atoms with Crippen LogP contribution in [0.15, 0.2) is 70.6 Å². The second-order valence-electron chi connectivity index (χ2n) is 8.43. The monoisotopic (exact) mass is 448 g/mol. The average molecular weight is 449 g/mol. The van der Waals surface area contributed by atoms with E-state index in [1.165, 1.54) is 11.3 Å². The fraction of sp³-hybridized carbons (Fsp3) is 0.250. The van der Waals surface area contributed by atoms with Crippen LogP contribution in [0.4, 0.5) is 11.4 Å². The Hall–Kier alpha value is -2.53. The Kier molecular flexibility index (Phi) is 4.60. The van der Waals surface area contributed by atoms with Crippen molar-refractivity contribution in [3.8, 4) is 5.69 Å². The van der Waals surface area contributed by atoms with Crippen molar-refractivity contribution >= 4 is 41.1 Å². The predicted octanol–water partition coefficient (Wildman–Crippen LogP) is 5.20. The summed E-state index contributed by atoms with van der Waals surface area (Å²) in [5.74, 6) is 0. The van der Waals surface area contributed by atoms with Crippen molar-refractivity contribution in [3.63, 3.8) is 0 Å². The zero-order chi connectivity index (χ0) is 22.0. The van der Waals surface area contributed by atoms with Crippen LogP contribution in [0.1, 0.15) is 25.1 Å². The van der Waals surface area contributed by atoms with Crippen LogP contribution in [0, 0.1) is 6.92 Å². The van der Waals surface area contributed by atoms with Gasteiger partial charge in [0.2, 0.25) is 0 Å². The number of nitrogens with zero attached hydrogens (tertiary/aromatic N) is 4. The maximum absolute atomic E-state index is 6.39.